The lowest BCUT2D eigenvalue weighted by Gasteiger charge is -2.25. The molecule has 0 atom stereocenters. The van der Waals surface area contributed by atoms with E-state index in [4.69, 9.17) is 12.3 Å². The molecule has 6 aromatic carbocycles. The molecule has 0 saturated carbocycles. The molecule has 0 unspecified atom stereocenters. The Kier molecular flexibility index (Phi) is 6.19. The summed E-state index contributed by atoms with van der Waals surface area (Å²) in [6, 6.07) is 25.4. The molecule has 1 aromatic heterocycles. The number of phenolic OH excluding ortho intramolecular Hbond substituents is 4. The van der Waals surface area contributed by atoms with E-state index in [0.29, 0.717) is 33.1 Å². The molecule has 8 heteroatoms. The molecule has 7 nitrogen and oxygen atoms in total. The molecule has 218 valence electrons. The summed E-state index contributed by atoms with van der Waals surface area (Å²) in [6.07, 6.45) is 0. The Morgan fingerprint density at radius 2 is 1.24 bits per heavy atom. The van der Waals surface area contributed by atoms with Crippen molar-refractivity contribution >= 4 is 62.8 Å². The number of furan rings is 1. The number of phenols is 4. The predicted octanol–water partition coefficient (Wildman–Crippen LogP) is 8.99. The van der Waals surface area contributed by atoms with Gasteiger partial charge in [-0.05, 0) is 47.0 Å². The summed E-state index contributed by atoms with van der Waals surface area (Å²) in [5, 5.41) is 70.6. The van der Waals surface area contributed by atoms with Crippen molar-refractivity contribution in [1.29, 1.82) is 0 Å². The number of aromatic hydroxyl groups is 4. The number of para-hydroxylation sites is 1. The van der Waals surface area contributed by atoms with E-state index < -0.39 is 34.5 Å². The molecular weight excluding hydrogens is 567 g/mol. The van der Waals surface area contributed by atoms with Crippen LogP contribution in [-0.4, -0.2) is 38.5 Å². The summed E-state index contributed by atoms with van der Waals surface area (Å²) in [5.41, 5.74) is 2.33. The van der Waals surface area contributed by atoms with Gasteiger partial charge in [0.2, 0.25) is 11.5 Å². The molecule has 0 amide bonds. The lowest BCUT2D eigenvalue weighted by molar-refractivity contribution is 0.351. The van der Waals surface area contributed by atoms with Crippen molar-refractivity contribution in [3.8, 4) is 45.3 Å². The molecule has 0 fully saturated rings. The smallest absolute Gasteiger partial charge is 0.204 e. The molecule has 2 radical (unpaired) electrons. The van der Waals surface area contributed by atoms with Crippen molar-refractivity contribution in [2.75, 3.05) is 0 Å². The monoisotopic (exact) mass is 592 g/mol. The summed E-state index contributed by atoms with van der Waals surface area (Å²) in [4.78, 5) is 0. The average molecular weight is 592 g/mol. The van der Waals surface area contributed by atoms with E-state index in [1.165, 1.54) is 6.92 Å². The van der Waals surface area contributed by atoms with Crippen LogP contribution in [0.15, 0.2) is 101 Å². The standard InChI is InChI=1S/C37H25BO7/c1-17(38)33(40)30-27(18(2)39)29(23-12-7-9-19-8-3-4-10-21(19)23)32-31(34(41)36(43)37(44)35(32)42)28(30)20-14-15-26-24(16-20)22-11-5-6-13-25(22)45-26/h3-16,39-44H,2H2,1H3/b33-17-. The normalized spacial score (nSPS) is 12.3. The maximum Gasteiger partial charge on any atom is 0.204 e. The Labute approximate surface area is 257 Å². The van der Waals surface area contributed by atoms with Gasteiger partial charge in [0.05, 0.1) is 0 Å². The summed E-state index contributed by atoms with van der Waals surface area (Å²) in [7, 11) is 6.18. The minimum atomic E-state index is -0.963. The molecule has 1 heterocycles. The first-order valence-corrected chi connectivity index (χ1v) is 14.0. The van der Waals surface area contributed by atoms with Gasteiger partial charge in [-0.25, -0.2) is 0 Å². The van der Waals surface area contributed by atoms with E-state index >= 15 is 0 Å². The van der Waals surface area contributed by atoms with Gasteiger partial charge < -0.3 is 35.1 Å². The molecule has 0 saturated heterocycles. The zero-order valence-corrected chi connectivity index (χ0v) is 24.0. The zero-order valence-electron chi connectivity index (χ0n) is 24.0. The topological polar surface area (TPSA) is 135 Å². The molecule has 0 aliphatic carbocycles. The maximum absolute atomic E-state index is 11.7. The van der Waals surface area contributed by atoms with Gasteiger partial charge in [0.15, 0.2) is 11.5 Å². The first-order valence-electron chi connectivity index (χ1n) is 14.0. The third-order valence-electron chi connectivity index (χ3n) is 8.27. The van der Waals surface area contributed by atoms with Gasteiger partial charge >= 0.3 is 0 Å². The van der Waals surface area contributed by atoms with Crippen molar-refractivity contribution in [2.24, 2.45) is 0 Å². The highest BCUT2D eigenvalue weighted by molar-refractivity contribution is 6.27. The van der Waals surface area contributed by atoms with Crippen LogP contribution in [0, 0.1) is 0 Å². The predicted molar refractivity (Wildman–Crippen MR) is 179 cm³/mol. The Morgan fingerprint density at radius 3 is 1.93 bits per heavy atom. The van der Waals surface area contributed by atoms with Crippen molar-refractivity contribution in [2.45, 2.75) is 6.92 Å². The number of rotatable bonds is 4. The Balaban J connectivity index is 1.79. The molecule has 6 N–H and O–H groups in total. The molecule has 0 bridgehead atoms. The fourth-order valence-corrected chi connectivity index (χ4v) is 6.29. The summed E-state index contributed by atoms with van der Waals surface area (Å²) >= 11 is 0. The number of fused-ring (bicyclic) bond motifs is 5. The van der Waals surface area contributed by atoms with Crippen molar-refractivity contribution in [3.05, 3.63) is 108 Å². The highest BCUT2D eigenvalue weighted by Gasteiger charge is 2.32. The number of hydrogen-bond acceptors (Lipinski definition) is 7. The fraction of sp³-hybridized carbons (Fsp3) is 0.0270. The quantitative estimate of drug-likeness (QED) is 0.0520. The molecule has 0 spiro atoms. The SMILES string of the molecule is [B]/C(C)=C(\O)c1c(C(=C)O)c(-c2cccc3ccccc23)c2c(O)c(O)c(O)c(O)c2c1-c1ccc2oc3ccccc3c2c1. The van der Waals surface area contributed by atoms with E-state index in [9.17, 15) is 30.6 Å². The van der Waals surface area contributed by atoms with Crippen LogP contribution >= 0.6 is 0 Å². The lowest BCUT2D eigenvalue weighted by Crippen LogP contribution is -2.04. The van der Waals surface area contributed by atoms with Crippen LogP contribution in [-0.2, 0) is 0 Å². The second kappa shape index (κ2) is 10.0. The Morgan fingerprint density at radius 1 is 0.644 bits per heavy atom. The van der Waals surface area contributed by atoms with Gasteiger partial charge in [-0.3, -0.25) is 0 Å². The minimum Gasteiger partial charge on any atom is -0.508 e. The van der Waals surface area contributed by atoms with Gasteiger partial charge in [-0.2, -0.15) is 0 Å². The Bertz CT molecular complexity index is 2430. The van der Waals surface area contributed by atoms with Crippen molar-refractivity contribution in [3.63, 3.8) is 0 Å². The molecule has 7 aromatic rings. The van der Waals surface area contributed by atoms with Crippen LogP contribution in [0.25, 0.3) is 77.3 Å². The molecule has 0 aliphatic heterocycles. The second-order valence-corrected chi connectivity index (χ2v) is 11.0. The highest BCUT2D eigenvalue weighted by Crippen LogP contribution is 2.58. The zero-order chi connectivity index (χ0) is 31.7. The van der Waals surface area contributed by atoms with Crippen LogP contribution in [0.1, 0.15) is 18.1 Å². The molecule has 0 aliphatic rings. The summed E-state index contributed by atoms with van der Waals surface area (Å²) < 4.78 is 6.01. The number of aliphatic hydroxyl groups is 2. The number of benzene rings is 6. The number of allylic oxidation sites excluding steroid dienone is 1. The third-order valence-corrected chi connectivity index (χ3v) is 8.27. The molecular formula is C37H25BO7. The number of aliphatic hydroxyl groups excluding tert-OH is 2. The van der Waals surface area contributed by atoms with Crippen LogP contribution in [0.5, 0.6) is 23.0 Å². The van der Waals surface area contributed by atoms with Gasteiger partial charge in [0.25, 0.3) is 0 Å². The Hall–Kier alpha value is -6.02. The first-order chi connectivity index (χ1) is 21.6. The molecule has 7 rings (SSSR count). The van der Waals surface area contributed by atoms with E-state index in [2.05, 4.69) is 6.58 Å². The third kappa shape index (κ3) is 3.99. The minimum absolute atomic E-state index is 0.00640. The van der Waals surface area contributed by atoms with Crippen LogP contribution < -0.4 is 0 Å². The van der Waals surface area contributed by atoms with Crippen LogP contribution in [0.2, 0.25) is 0 Å². The van der Waals surface area contributed by atoms with E-state index in [0.717, 1.165) is 10.8 Å². The van der Waals surface area contributed by atoms with E-state index in [-0.39, 0.29) is 38.5 Å². The largest absolute Gasteiger partial charge is 0.508 e. The van der Waals surface area contributed by atoms with Gasteiger partial charge in [0.1, 0.15) is 30.5 Å². The lowest BCUT2D eigenvalue weighted by atomic mass is 9.78. The molecule has 45 heavy (non-hydrogen) atoms. The maximum atomic E-state index is 11.7. The van der Waals surface area contributed by atoms with Gasteiger partial charge in [0, 0.05) is 43.8 Å². The highest BCUT2D eigenvalue weighted by atomic mass is 16.3. The number of hydrogen-bond donors (Lipinski definition) is 6. The van der Waals surface area contributed by atoms with Crippen LogP contribution in [0.4, 0.5) is 0 Å². The van der Waals surface area contributed by atoms with E-state index in [1.807, 2.05) is 54.6 Å². The van der Waals surface area contributed by atoms with Crippen molar-refractivity contribution in [1.82, 2.24) is 0 Å². The van der Waals surface area contributed by atoms with E-state index in [1.54, 1.807) is 30.3 Å². The summed E-state index contributed by atoms with van der Waals surface area (Å²) in [5.74, 6) is -4.34. The van der Waals surface area contributed by atoms with Crippen LogP contribution in [0.3, 0.4) is 0 Å². The average Bonchev–Trinajstić information content (AvgIpc) is 3.42. The second-order valence-electron chi connectivity index (χ2n) is 11.0. The van der Waals surface area contributed by atoms with Gasteiger partial charge in [-0.15, -0.1) is 0 Å². The first kappa shape index (κ1) is 27.8. The van der Waals surface area contributed by atoms with Gasteiger partial charge in [-0.1, -0.05) is 78.8 Å². The summed E-state index contributed by atoms with van der Waals surface area (Å²) in [6.45, 7) is 5.30. The fourth-order valence-electron chi connectivity index (χ4n) is 6.29. The van der Waals surface area contributed by atoms with Crippen molar-refractivity contribution < 1.29 is 35.1 Å².